The highest BCUT2D eigenvalue weighted by molar-refractivity contribution is 6.33. The third kappa shape index (κ3) is 11.2. The summed E-state index contributed by atoms with van der Waals surface area (Å²) in [4.78, 5) is 75.4. The van der Waals surface area contributed by atoms with Gasteiger partial charge in [0, 0.05) is 121 Å². The number of hydrazine groups is 2. The summed E-state index contributed by atoms with van der Waals surface area (Å²) >= 11 is 12.7. The summed E-state index contributed by atoms with van der Waals surface area (Å²) in [5, 5.41) is 15.6. The molecule has 0 unspecified atom stereocenters. The van der Waals surface area contributed by atoms with Gasteiger partial charge < -0.3 is 39.7 Å². The first-order valence-corrected chi connectivity index (χ1v) is 29.1. The Morgan fingerprint density at radius 2 is 0.756 bits per heavy atom. The largest absolute Gasteiger partial charge is 0.497 e. The van der Waals surface area contributed by atoms with Gasteiger partial charge in [-0.05, 0) is 149 Å². The minimum Gasteiger partial charge on any atom is -0.497 e. The van der Waals surface area contributed by atoms with Crippen molar-refractivity contribution in [1.82, 2.24) is 50.4 Å². The molecule has 18 nitrogen and oxygen atoms in total. The molecule has 0 spiro atoms. The zero-order chi connectivity index (χ0) is 56.4. The van der Waals surface area contributed by atoms with Gasteiger partial charge in [-0.3, -0.25) is 19.2 Å². The molecule has 6 aromatic carbocycles. The molecule has 0 atom stereocenters. The van der Waals surface area contributed by atoms with E-state index in [1.165, 1.54) is 0 Å². The van der Waals surface area contributed by atoms with E-state index in [0.717, 1.165) is 194 Å². The Labute approximate surface area is 485 Å². The molecular weight excluding hydrogens is 1080 g/mol. The number of rotatable bonds is 22. The van der Waals surface area contributed by atoms with Crippen LogP contribution in [0.1, 0.15) is 67.1 Å². The third-order valence-electron chi connectivity index (χ3n) is 16.5. The van der Waals surface area contributed by atoms with Crippen LogP contribution >= 0.6 is 23.2 Å². The van der Waals surface area contributed by atoms with Crippen LogP contribution in [0.25, 0.3) is 54.4 Å². The number of imide groups is 2. The number of carbonyl (C=O) groups excluding carboxylic acids is 4. The summed E-state index contributed by atoms with van der Waals surface area (Å²) in [6.07, 6.45) is 3.39. The highest BCUT2D eigenvalue weighted by Gasteiger charge is 2.40. The molecule has 8 aromatic rings. The fourth-order valence-corrected chi connectivity index (χ4v) is 12.4. The molecule has 0 bridgehead atoms. The van der Waals surface area contributed by atoms with Crippen molar-refractivity contribution in [2.45, 2.75) is 25.7 Å². The number of anilines is 2. The number of hydrogen-bond donors (Lipinski definition) is 4. The third-order valence-corrected chi connectivity index (χ3v) is 16.9. The van der Waals surface area contributed by atoms with Crippen LogP contribution in [0.5, 0.6) is 11.5 Å². The molecule has 12 rings (SSSR count). The van der Waals surface area contributed by atoms with Crippen LogP contribution in [0.3, 0.4) is 0 Å². The number of carbonyl (C=O) groups is 4. The number of nitrogens with zero attached hydrogens (tertiary/aromatic N) is 8. The monoisotopic (exact) mass is 1140 g/mol. The molecule has 4 aliphatic heterocycles. The molecule has 2 aromatic heterocycles. The van der Waals surface area contributed by atoms with Crippen molar-refractivity contribution >= 4 is 113 Å². The molecule has 0 aliphatic carbocycles. The van der Waals surface area contributed by atoms with Gasteiger partial charge in [0.05, 0.1) is 69.9 Å². The number of fused-ring (bicyclic) bond motifs is 4. The number of halogens is 2. The van der Waals surface area contributed by atoms with Crippen LogP contribution in [0.2, 0.25) is 10.0 Å². The van der Waals surface area contributed by atoms with E-state index in [2.05, 4.69) is 41.1 Å². The second-order valence-corrected chi connectivity index (χ2v) is 22.3. The van der Waals surface area contributed by atoms with Gasteiger partial charge in [0.2, 0.25) is 0 Å². The normalized spacial score (nSPS) is 16.4. The Kier molecular flexibility index (Phi) is 16.4. The predicted molar refractivity (Wildman–Crippen MR) is 324 cm³/mol. The molecule has 4 amide bonds. The Morgan fingerprint density at radius 3 is 1.10 bits per heavy atom. The Morgan fingerprint density at radius 1 is 0.415 bits per heavy atom. The Hall–Kier alpha value is -7.26. The number of piperazine rings is 2. The van der Waals surface area contributed by atoms with Crippen LogP contribution in [0.15, 0.2) is 97.1 Å². The first-order chi connectivity index (χ1) is 40.0. The number of amides is 4. The maximum atomic E-state index is 14.0. The fourth-order valence-electron chi connectivity index (χ4n) is 12.1. The Bertz CT molecular complexity index is 3480. The average Bonchev–Trinajstić information content (AvgIpc) is 2.47. The standard InChI is InChI=1S/C62H66Cl2N12O6/c1-81-41-9-17-51-49(37-41)57(43-11-7-39(63)35-53(43)69-51)65-19-3-23-71-27-31-73(32-28-71)25-5-21-67-75-59(77)45-13-15-47-56-48(16-14-46(55(45)56)60(75)78)62(80)76(61(47)79)68-22-6-26-74-33-29-72(30-34-74)24-4-20-66-58-44-12-8-40(64)36-54(44)70-52-18-10-42(82-2)38-50(52)58/h7-18,35-38,67-68H,3-6,19-34H2,1-2H3,(H,65,69)(H,66,70). The maximum absolute atomic E-state index is 14.0. The van der Waals surface area contributed by atoms with Crippen LogP contribution in [-0.4, -0.2) is 182 Å². The second kappa shape index (κ2) is 24.3. The number of hydrogen-bond acceptors (Lipinski definition) is 16. The van der Waals surface area contributed by atoms with E-state index in [0.29, 0.717) is 33.9 Å². The summed E-state index contributed by atoms with van der Waals surface area (Å²) in [6.45, 7) is 13.5. The molecule has 0 radical (unpaired) electrons. The van der Waals surface area contributed by atoms with Gasteiger partial charge in [-0.1, -0.05) is 23.2 Å². The van der Waals surface area contributed by atoms with E-state index in [-0.39, 0.29) is 22.3 Å². The molecule has 82 heavy (non-hydrogen) atoms. The lowest BCUT2D eigenvalue weighted by molar-refractivity contribution is 0.0495. The van der Waals surface area contributed by atoms with Gasteiger partial charge >= 0.3 is 0 Å². The summed E-state index contributed by atoms with van der Waals surface area (Å²) in [5.74, 6) is -0.465. The lowest BCUT2D eigenvalue weighted by Crippen LogP contribution is -2.52. The van der Waals surface area contributed by atoms with Crippen molar-refractivity contribution in [3.05, 3.63) is 129 Å². The molecule has 6 heterocycles. The number of methoxy groups -OCH3 is 2. The Balaban J connectivity index is 0.566. The van der Waals surface area contributed by atoms with Gasteiger partial charge in [-0.2, -0.15) is 0 Å². The topological polar surface area (TPSA) is 180 Å². The van der Waals surface area contributed by atoms with E-state index < -0.39 is 23.6 Å². The maximum Gasteiger partial charge on any atom is 0.275 e. The van der Waals surface area contributed by atoms with Crippen molar-refractivity contribution in [3.63, 3.8) is 0 Å². The van der Waals surface area contributed by atoms with Gasteiger partial charge in [0.25, 0.3) is 23.6 Å². The second-order valence-electron chi connectivity index (χ2n) is 21.5. The minimum atomic E-state index is -0.506. The van der Waals surface area contributed by atoms with Crippen molar-refractivity contribution in [2.75, 3.05) is 130 Å². The summed E-state index contributed by atoms with van der Waals surface area (Å²) in [6, 6.07) is 29.9. The van der Waals surface area contributed by atoms with Crippen LogP contribution < -0.4 is 31.0 Å². The van der Waals surface area contributed by atoms with Crippen LogP contribution in [0, 0.1) is 0 Å². The molecule has 2 fully saturated rings. The van der Waals surface area contributed by atoms with Crippen molar-refractivity contribution < 1.29 is 28.7 Å². The minimum absolute atomic E-state index is 0.278. The first-order valence-electron chi connectivity index (χ1n) is 28.4. The van der Waals surface area contributed by atoms with E-state index in [9.17, 15) is 19.2 Å². The van der Waals surface area contributed by atoms with Gasteiger partial charge in [-0.25, -0.2) is 30.8 Å². The van der Waals surface area contributed by atoms with E-state index in [4.69, 9.17) is 42.6 Å². The summed E-state index contributed by atoms with van der Waals surface area (Å²) in [7, 11) is 3.34. The number of ether oxygens (including phenoxy) is 2. The number of benzene rings is 6. The summed E-state index contributed by atoms with van der Waals surface area (Å²) < 4.78 is 11.1. The lowest BCUT2D eigenvalue weighted by atomic mass is 9.86. The predicted octanol–water partition coefficient (Wildman–Crippen LogP) is 8.79. The number of aromatic nitrogens is 2. The highest BCUT2D eigenvalue weighted by Crippen LogP contribution is 2.39. The summed E-state index contributed by atoms with van der Waals surface area (Å²) in [5.41, 5.74) is 12.8. The van der Waals surface area contributed by atoms with Gasteiger partial charge in [0.15, 0.2) is 0 Å². The first kappa shape index (κ1) is 55.3. The highest BCUT2D eigenvalue weighted by atomic mass is 35.5. The fraction of sp³-hybridized carbons (Fsp3) is 0.355. The SMILES string of the molecule is COc1ccc2nc3cc(Cl)ccc3c(NCCCN3CCN(CCCNN4C(=O)c5ccc6c7c(ccc(c57)C4=O)C(=O)N(NCCCN4CCN(CCCNc5c7ccc(Cl)cc7nc7ccc(OC)cc57)CC4)C6=O)CC3)c2c1. The molecular formula is C62H66Cl2N12O6. The van der Waals surface area contributed by atoms with Crippen LogP contribution in [-0.2, 0) is 0 Å². The smallest absolute Gasteiger partial charge is 0.275 e. The van der Waals surface area contributed by atoms with Gasteiger partial charge in [0.1, 0.15) is 11.5 Å². The van der Waals surface area contributed by atoms with Crippen LogP contribution in [0.4, 0.5) is 11.4 Å². The quantitative estimate of drug-likeness (QED) is 0.0287. The van der Waals surface area contributed by atoms with Gasteiger partial charge in [-0.15, -0.1) is 0 Å². The lowest BCUT2D eigenvalue weighted by Gasteiger charge is -2.35. The zero-order valence-corrected chi connectivity index (χ0v) is 47.7. The number of nitrogens with one attached hydrogen (secondary N) is 4. The zero-order valence-electron chi connectivity index (χ0n) is 46.2. The average molecular weight is 1150 g/mol. The molecule has 4 N–H and O–H groups in total. The molecule has 0 saturated carbocycles. The van der Waals surface area contributed by atoms with E-state index in [1.807, 2.05) is 72.8 Å². The van der Waals surface area contributed by atoms with Crippen molar-refractivity contribution in [1.29, 1.82) is 0 Å². The van der Waals surface area contributed by atoms with Crippen molar-refractivity contribution in [3.8, 4) is 11.5 Å². The van der Waals surface area contributed by atoms with Crippen molar-refractivity contribution in [2.24, 2.45) is 0 Å². The number of pyridine rings is 2. The van der Waals surface area contributed by atoms with E-state index in [1.54, 1.807) is 38.5 Å². The molecule has 424 valence electrons. The van der Waals surface area contributed by atoms with E-state index >= 15 is 0 Å². The molecule has 4 aliphatic rings. The molecule has 2 saturated heterocycles. The molecule has 20 heteroatoms.